The van der Waals surface area contributed by atoms with Crippen molar-refractivity contribution in [3.8, 4) is 5.75 Å². The zero-order valence-corrected chi connectivity index (χ0v) is 18.9. The minimum atomic E-state index is -0.670. The van der Waals surface area contributed by atoms with Crippen LogP contribution in [0.5, 0.6) is 5.75 Å². The third-order valence-electron chi connectivity index (χ3n) is 6.63. The quantitative estimate of drug-likeness (QED) is 0.545. The second-order valence-corrected chi connectivity index (χ2v) is 9.39. The molecule has 9 nitrogen and oxygen atoms in total. The van der Waals surface area contributed by atoms with E-state index >= 15 is 0 Å². The molecule has 9 heteroatoms. The lowest BCUT2D eigenvalue weighted by atomic mass is 9.96. The molecule has 2 aliphatic rings. The number of fused-ring (bicyclic) bond motifs is 2. The molecule has 1 saturated heterocycles. The van der Waals surface area contributed by atoms with E-state index in [-0.39, 0.29) is 19.1 Å². The zero-order chi connectivity index (χ0) is 23.2. The highest BCUT2D eigenvalue weighted by atomic mass is 16.5. The van der Waals surface area contributed by atoms with Crippen molar-refractivity contribution in [1.29, 1.82) is 0 Å². The van der Waals surface area contributed by atoms with E-state index in [1.165, 1.54) is 6.20 Å². The Morgan fingerprint density at radius 2 is 2.06 bits per heavy atom. The van der Waals surface area contributed by atoms with Crippen LogP contribution in [0.2, 0.25) is 0 Å². The second-order valence-electron chi connectivity index (χ2n) is 9.39. The molecule has 3 N–H and O–H groups in total. The molecular weight excluding hydrogens is 422 g/mol. The summed E-state index contributed by atoms with van der Waals surface area (Å²) in [6, 6.07) is 3.91. The van der Waals surface area contributed by atoms with Crippen LogP contribution in [0, 0.1) is 12.8 Å². The van der Waals surface area contributed by atoms with Crippen molar-refractivity contribution in [2.24, 2.45) is 5.92 Å². The number of anilines is 2. The van der Waals surface area contributed by atoms with Crippen LogP contribution in [-0.2, 0) is 6.42 Å². The summed E-state index contributed by atoms with van der Waals surface area (Å²) in [4.78, 5) is 19.9. The van der Waals surface area contributed by atoms with Gasteiger partial charge >= 0.3 is 0 Å². The number of amides is 1. The van der Waals surface area contributed by atoms with Crippen molar-refractivity contribution >= 4 is 22.9 Å². The fourth-order valence-electron chi connectivity index (χ4n) is 4.68. The minimum absolute atomic E-state index is 0.0892. The predicted molar refractivity (Wildman–Crippen MR) is 124 cm³/mol. The second kappa shape index (κ2) is 8.31. The number of rotatable bonds is 5. The smallest absolute Gasteiger partial charge is 0.261 e. The SMILES string of the molecule is Cc1cnc2c(C(=O)Nc3cc4c(cc3N3CCC(CO)CC3)O[C@@](C)(CO)C4)cnn2c1. The summed E-state index contributed by atoms with van der Waals surface area (Å²) in [7, 11) is 0. The maximum Gasteiger partial charge on any atom is 0.261 e. The van der Waals surface area contributed by atoms with Gasteiger partial charge in [0.2, 0.25) is 0 Å². The number of aromatic nitrogens is 3. The largest absolute Gasteiger partial charge is 0.484 e. The number of hydrogen-bond donors (Lipinski definition) is 3. The number of carbonyl (C=O) groups excluding carboxylic acids is 1. The topological polar surface area (TPSA) is 112 Å². The van der Waals surface area contributed by atoms with Gasteiger partial charge in [-0.2, -0.15) is 5.10 Å². The van der Waals surface area contributed by atoms with Gasteiger partial charge in [0.15, 0.2) is 5.65 Å². The molecule has 1 fully saturated rings. The van der Waals surface area contributed by atoms with Crippen LogP contribution >= 0.6 is 0 Å². The van der Waals surface area contributed by atoms with Gasteiger partial charge in [-0.1, -0.05) is 0 Å². The highest BCUT2D eigenvalue weighted by Gasteiger charge is 2.36. The summed E-state index contributed by atoms with van der Waals surface area (Å²) in [5, 5.41) is 26.6. The number of aliphatic hydroxyl groups excluding tert-OH is 2. The maximum atomic E-state index is 13.3. The first-order valence-corrected chi connectivity index (χ1v) is 11.3. The number of nitrogens with zero attached hydrogens (tertiary/aromatic N) is 4. The molecule has 1 aromatic carbocycles. The first-order valence-electron chi connectivity index (χ1n) is 11.3. The van der Waals surface area contributed by atoms with Crippen molar-refractivity contribution in [2.45, 2.75) is 38.7 Å². The average molecular weight is 452 g/mol. The number of carbonyl (C=O) groups is 1. The first kappa shape index (κ1) is 21.7. The molecule has 1 amide bonds. The van der Waals surface area contributed by atoms with Crippen LogP contribution in [-0.4, -0.2) is 62.6 Å². The number of aliphatic hydroxyl groups is 2. The van der Waals surface area contributed by atoms with E-state index < -0.39 is 5.60 Å². The molecule has 0 spiro atoms. The van der Waals surface area contributed by atoms with E-state index in [0.29, 0.717) is 29.2 Å². The van der Waals surface area contributed by atoms with Crippen molar-refractivity contribution in [2.75, 3.05) is 36.5 Å². The Morgan fingerprint density at radius 3 is 2.79 bits per heavy atom. The first-order chi connectivity index (χ1) is 15.9. The molecular formula is C24H29N5O4. The number of piperidine rings is 1. The summed E-state index contributed by atoms with van der Waals surface area (Å²) in [5.74, 6) is 0.754. The summed E-state index contributed by atoms with van der Waals surface area (Å²) in [6.07, 6.45) is 7.40. The Labute approximate surface area is 192 Å². The average Bonchev–Trinajstić information content (AvgIpc) is 3.38. The molecule has 2 aliphatic heterocycles. The highest BCUT2D eigenvalue weighted by Crippen LogP contribution is 2.42. The van der Waals surface area contributed by atoms with Gasteiger partial charge < -0.3 is 25.2 Å². The van der Waals surface area contributed by atoms with Gasteiger partial charge in [0.05, 0.1) is 24.2 Å². The monoisotopic (exact) mass is 451 g/mol. The van der Waals surface area contributed by atoms with Crippen LogP contribution in [0.1, 0.15) is 41.3 Å². The summed E-state index contributed by atoms with van der Waals surface area (Å²) >= 11 is 0. The number of hydrogen-bond acceptors (Lipinski definition) is 7. The molecule has 33 heavy (non-hydrogen) atoms. The van der Waals surface area contributed by atoms with E-state index in [4.69, 9.17) is 4.74 Å². The Kier molecular flexibility index (Phi) is 5.46. The molecule has 5 rings (SSSR count). The molecule has 4 heterocycles. The van der Waals surface area contributed by atoms with Crippen molar-refractivity contribution < 1.29 is 19.7 Å². The molecule has 3 aromatic rings. The lowest BCUT2D eigenvalue weighted by Crippen LogP contribution is -2.35. The Morgan fingerprint density at radius 1 is 1.27 bits per heavy atom. The van der Waals surface area contributed by atoms with E-state index in [1.807, 2.05) is 32.2 Å². The van der Waals surface area contributed by atoms with E-state index in [0.717, 1.165) is 48.5 Å². The van der Waals surface area contributed by atoms with Crippen molar-refractivity contribution in [3.63, 3.8) is 0 Å². The van der Waals surface area contributed by atoms with Crippen LogP contribution < -0.4 is 15.0 Å². The predicted octanol–water partition coefficient (Wildman–Crippen LogP) is 2.18. The van der Waals surface area contributed by atoms with Gasteiger partial charge in [-0.05, 0) is 44.2 Å². The minimum Gasteiger partial charge on any atom is -0.484 e. The van der Waals surface area contributed by atoms with Crippen LogP contribution in [0.25, 0.3) is 5.65 Å². The van der Waals surface area contributed by atoms with Gasteiger partial charge in [0.1, 0.15) is 16.9 Å². The van der Waals surface area contributed by atoms with Gasteiger partial charge in [0, 0.05) is 50.1 Å². The summed E-state index contributed by atoms with van der Waals surface area (Å²) < 4.78 is 7.67. The normalized spacial score (nSPS) is 20.7. The molecule has 0 aliphatic carbocycles. The highest BCUT2D eigenvalue weighted by molar-refractivity contribution is 6.09. The van der Waals surface area contributed by atoms with Crippen LogP contribution in [0.4, 0.5) is 11.4 Å². The fourth-order valence-corrected chi connectivity index (χ4v) is 4.68. The van der Waals surface area contributed by atoms with E-state index in [2.05, 4.69) is 20.3 Å². The molecule has 0 unspecified atom stereocenters. The lowest BCUT2D eigenvalue weighted by Gasteiger charge is -2.34. The van der Waals surface area contributed by atoms with Crippen LogP contribution in [0.15, 0.2) is 30.7 Å². The summed E-state index contributed by atoms with van der Waals surface area (Å²) in [6.45, 7) is 5.47. The lowest BCUT2D eigenvalue weighted by molar-refractivity contribution is 0.0447. The van der Waals surface area contributed by atoms with E-state index in [1.54, 1.807) is 10.7 Å². The third-order valence-corrected chi connectivity index (χ3v) is 6.63. The van der Waals surface area contributed by atoms with Crippen molar-refractivity contribution in [1.82, 2.24) is 14.6 Å². The number of aryl methyl sites for hydroxylation is 1. The van der Waals surface area contributed by atoms with Crippen molar-refractivity contribution in [3.05, 3.63) is 47.4 Å². The molecule has 174 valence electrons. The van der Waals surface area contributed by atoms with Gasteiger partial charge in [0.25, 0.3) is 5.91 Å². The zero-order valence-electron chi connectivity index (χ0n) is 18.9. The Hall–Kier alpha value is -3.17. The standard InChI is InChI=1S/C24H29N5O4/c1-15-10-25-22-18(11-26-29(22)12-15)23(32)27-19-7-17-9-24(2,14-31)33-21(17)8-20(19)28-5-3-16(13-30)4-6-28/h7-8,10-12,16,30-31H,3-6,9,13-14H2,1-2H3,(H,27,32)/t24-/m1/s1. The Bertz CT molecular complexity index is 1200. The summed E-state index contributed by atoms with van der Waals surface area (Å²) in [5.41, 5.74) is 3.70. The number of nitrogens with one attached hydrogen (secondary N) is 1. The van der Waals surface area contributed by atoms with Gasteiger partial charge in [-0.15, -0.1) is 0 Å². The maximum absolute atomic E-state index is 13.3. The molecule has 1 atom stereocenters. The van der Waals surface area contributed by atoms with Gasteiger partial charge in [-0.3, -0.25) is 4.79 Å². The third kappa shape index (κ3) is 4.02. The molecule has 0 radical (unpaired) electrons. The molecule has 2 aromatic heterocycles. The fraction of sp³-hybridized carbons (Fsp3) is 0.458. The molecule has 0 bridgehead atoms. The van der Waals surface area contributed by atoms with Crippen LogP contribution in [0.3, 0.4) is 0 Å². The Balaban J connectivity index is 1.49. The number of ether oxygens (including phenoxy) is 1. The van der Waals surface area contributed by atoms with Gasteiger partial charge in [-0.25, -0.2) is 9.50 Å². The molecule has 0 saturated carbocycles. The van der Waals surface area contributed by atoms with E-state index in [9.17, 15) is 15.0 Å². The number of benzene rings is 1.